The van der Waals surface area contributed by atoms with Crippen LogP contribution in [0.4, 0.5) is 5.69 Å². The van der Waals surface area contributed by atoms with E-state index in [0.717, 1.165) is 42.6 Å². The van der Waals surface area contributed by atoms with Crippen molar-refractivity contribution in [2.75, 3.05) is 24.6 Å². The van der Waals surface area contributed by atoms with Crippen LogP contribution in [-0.2, 0) is 27.3 Å². The summed E-state index contributed by atoms with van der Waals surface area (Å²) >= 11 is 0. The number of hydrogen-bond acceptors (Lipinski definition) is 5. The molecule has 2 aromatic rings. The molecule has 0 unspecified atom stereocenters. The minimum absolute atomic E-state index is 0.0577. The van der Waals surface area contributed by atoms with Crippen molar-refractivity contribution in [2.45, 2.75) is 76.4 Å². The fraction of sp³-hybridized carbons (Fsp3) is 0.533. The molecule has 7 nitrogen and oxygen atoms in total. The number of aliphatic hydroxyl groups excluding tert-OH is 1. The predicted octanol–water partition coefficient (Wildman–Crippen LogP) is 4.13. The van der Waals surface area contributed by atoms with Crippen LogP contribution in [0.15, 0.2) is 54.6 Å². The van der Waals surface area contributed by atoms with Gasteiger partial charge in [-0.25, -0.2) is 0 Å². The molecule has 8 heteroatoms. The molecule has 2 saturated heterocycles. The number of benzene rings is 2. The summed E-state index contributed by atoms with van der Waals surface area (Å²) in [5.74, 6) is 0.248. The van der Waals surface area contributed by atoms with Crippen LogP contribution in [0.1, 0.15) is 43.7 Å². The predicted molar refractivity (Wildman–Crippen MR) is 151 cm³/mol. The SMILES string of the molecule is C[C@H]1[C@H]([Si](C)(C)O)[C@@H](CC(=O)N(CCO)Cc2ccccc2)O[C@H]1CCc1cccc(N2CCCC2=O)c1. The molecular formula is C30H42N2O5Si. The molecule has 0 aromatic heterocycles. The van der Waals surface area contributed by atoms with Crippen LogP contribution in [0.2, 0.25) is 18.6 Å². The van der Waals surface area contributed by atoms with Gasteiger partial charge in [0.25, 0.3) is 0 Å². The first-order chi connectivity index (χ1) is 18.2. The lowest BCUT2D eigenvalue weighted by Gasteiger charge is -2.31. The molecule has 2 aliphatic heterocycles. The van der Waals surface area contributed by atoms with Crippen molar-refractivity contribution in [3.63, 3.8) is 0 Å². The number of aryl methyl sites for hydroxylation is 1. The van der Waals surface area contributed by atoms with Gasteiger partial charge in [0.15, 0.2) is 8.32 Å². The van der Waals surface area contributed by atoms with Gasteiger partial charge in [-0.2, -0.15) is 0 Å². The molecular weight excluding hydrogens is 496 g/mol. The Balaban J connectivity index is 1.42. The van der Waals surface area contributed by atoms with Gasteiger partial charge in [-0.3, -0.25) is 9.59 Å². The highest BCUT2D eigenvalue weighted by molar-refractivity contribution is 6.71. The lowest BCUT2D eigenvalue weighted by atomic mass is 9.95. The molecule has 0 radical (unpaired) electrons. The Hall–Kier alpha value is -2.52. The standard InChI is InChI=1S/C30H42N2O5Si/c1-22-26(15-14-23-11-7-12-25(19-23)32-16-8-13-28(32)34)37-27(30(22)38(2,3)36)20-29(35)31(17-18-33)21-24-9-5-4-6-10-24/h4-7,9-12,19,22,26-27,30,33,36H,8,13-18,20-21H2,1-3H3/t22-,26+,27-,30+/m1/s1. The number of carbonyl (C=O) groups excluding carboxylic acids is 2. The zero-order valence-electron chi connectivity index (χ0n) is 22.9. The molecule has 2 heterocycles. The highest BCUT2D eigenvalue weighted by Crippen LogP contribution is 2.45. The molecule has 2 aliphatic rings. The van der Waals surface area contributed by atoms with Gasteiger partial charge in [-0.1, -0.05) is 49.4 Å². The zero-order valence-corrected chi connectivity index (χ0v) is 23.9. The van der Waals surface area contributed by atoms with Crippen molar-refractivity contribution in [3.05, 3.63) is 65.7 Å². The van der Waals surface area contributed by atoms with E-state index in [4.69, 9.17) is 4.74 Å². The largest absolute Gasteiger partial charge is 0.432 e. The van der Waals surface area contributed by atoms with Crippen LogP contribution in [-0.4, -0.2) is 66.8 Å². The molecule has 0 bridgehead atoms. The maximum atomic E-state index is 13.4. The molecule has 4 atom stereocenters. The first kappa shape index (κ1) is 28.5. The van der Waals surface area contributed by atoms with Crippen molar-refractivity contribution in [1.29, 1.82) is 0 Å². The average Bonchev–Trinajstić information content (AvgIpc) is 3.45. The average molecular weight is 539 g/mol. The Bertz CT molecular complexity index is 1090. The van der Waals surface area contributed by atoms with Crippen LogP contribution in [0.25, 0.3) is 0 Å². The maximum absolute atomic E-state index is 13.4. The summed E-state index contributed by atoms with van der Waals surface area (Å²) < 4.78 is 6.53. The molecule has 0 saturated carbocycles. The van der Waals surface area contributed by atoms with Crippen LogP contribution in [0.5, 0.6) is 0 Å². The monoisotopic (exact) mass is 538 g/mol. The van der Waals surface area contributed by atoms with Crippen molar-refractivity contribution in [2.24, 2.45) is 5.92 Å². The Labute approximate surface area is 227 Å². The fourth-order valence-electron chi connectivity index (χ4n) is 6.23. The highest BCUT2D eigenvalue weighted by Gasteiger charge is 2.50. The van der Waals surface area contributed by atoms with Crippen LogP contribution < -0.4 is 4.90 Å². The van der Waals surface area contributed by atoms with E-state index < -0.39 is 8.32 Å². The number of ether oxygens (including phenoxy) is 1. The summed E-state index contributed by atoms with van der Waals surface area (Å²) in [4.78, 5) is 40.3. The van der Waals surface area contributed by atoms with Gasteiger partial charge >= 0.3 is 0 Å². The second-order valence-corrected chi connectivity index (χ2v) is 15.3. The van der Waals surface area contributed by atoms with Crippen LogP contribution >= 0.6 is 0 Å². The number of rotatable bonds is 11. The first-order valence-electron chi connectivity index (χ1n) is 13.9. The van der Waals surface area contributed by atoms with Crippen molar-refractivity contribution in [1.82, 2.24) is 4.90 Å². The fourth-order valence-corrected chi connectivity index (χ4v) is 8.84. The summed E-state index contributed by atoms with van der Waals surface area (Å²) in [5, 5.41) is 9.59. The summed E-state index contributed by atoms with van der Waals surface area (Å²) in [6.45, 7) is 7.38. The lowest BCUT2D eigenvalue weighted by molar-refractivity contribution is -0.135. The van der Waals surface area contributed by atoms with Gasteiger partial charge in [0.05, 0.1) is 25.2 Å². The molecule has 38 heavy (non-hydrogen) atoms. The van der Waals surface area contributed by atoms with Crippen molar-refractivity contribution >= 4 is 25.8 Å². The first-order valence-corrected chi connectivity index (χ1v) is 16.9. The minimum Gasteiger partial charge on any atom is -0.432 e. The minimum atomic E-state index is -2.62. The van der Waals surface area contributed by atoms with Gasteiger partial charge in [0.2, 0.25) is 11.8 Å². The van der Waals surface area contributed by atoms with Gasteiger partial charge in [0.1, 0.15) is 0 Å². The number of amides is 2. The van der Waals surface area contributed by atoms with Crippen molar-refractivity contribution < 1.29 is 24.2 Å². The maximum Gasteiger partial charge on any atom is 0.227 e. The van der Waals surface area contributed by atoms with E-state index in [1.54, 1.807) is 4.90 Å². The number of carbonyl (C=O) groups is 2. The van der Waals surface area contributed by atoms with Gasteiger partial charge in [0, 0.05) is 37.3 Å². The van der Waals surface area contributed by atoms with E-state index in [2.05, 4.69) is 19.1 Å². The van der Waals surface area contributed by atoms with Gasteiger partial charge < -0.3 is 24.4 Å². The van der Waals surface area contributed by atoms with E-state index in [0.29, 0.717) is 13.0 Å². The summed E-state index contributed by atoms with van der Waals surface area (Å²) in [5.41, 5.74) is 3.07. The third-order valence-electron chi connectivity index (χ3n) is 8.05. The van der Waals surface area contributed by atoms with Gasteiger partial charge in [-0.05, 0) is 61.5 Å². The van der Waals surface area contributed by atoms with E-state index >= 15 is 0 Å². The number of hydrogen-bond donors (Lipinski definition) is 2. The van der Waals surface area contributed by atoms with Crippen molar-refractivity contribution in [3.8, 4) is 0 Å². The second kappa shape index (κ2) is 12.6. The Morgan fingerprint density at radius 2 is 1.84 bits per heavy atom. The third-order valence-corrected chi connectivity index (χ3v) is 10.6. The summed E-state index contributed by atoms with van der Waals surface area (Å²) in [7, 11) is -2.62. The van der Waals surface area contributed by atoms with E-state index in [1.165, 1.54) is 0 Å². The van der Waals surface area contributed by atoms with E-state index in [-0.39, 0.29) is 55.1 Å². The van der Waals surface area contributed by atoms with E-state index in [1.807, 2.05) is 60.5 Å². The highest BCUT2D eigenvalue weighted by atomic mass is 28.4. The molecule has 0 aliphatic carbocycles. The smallest absolute Gasteiger partial charge is 0.227 e. The van der Waals surface area contributed by atoms with Crippen LogP contribution in [0, 0.1) is 5.92 Å². The molecule has 2 aromatic carbocycles. The molecule has 2 amide bonds. The third kappa shape index (κ3) is 6.91. The molecule has 206 valence electrons. The number of nitrogens with zero attached hydrogens (tertiary/aromatic N) is 2. The van der Waals surface area contributed by atoms with Gasteiger partial charge in [-0.15, -0.1) is 0 Å². The molecule has 0 spiro atoms. The molecule has 4 rings (SSSR count). The number of anilines is 1. The zero-order chi connectivity index (χ0) is 27.3. The Morgan fingerprint density at radius 1 is 1.11 bits per heavy atom. The molecule has 2 N–H and O–H groups in total. The van der Waals surface area contributed by atoms with Crippen LogP contribution in [0.3, 0.4) is 0 Å². The second-order valence-electron chi connectivity index (χ2n) is 11.3. The normalized spacial score (nSPS) is 23.7. The van der Waals surface area contributed by atoms with E-state index in [9.17, 15) is 19.5 Å². The number of aliphatic hydroxyl groups is 1. The Kier molecular flexibility index (Phi) is 9.41. The topological polar surface area (TPSA) is 90.3 Å². The summed E-state index contributed by atoms with van der Waals surface area (Å²) in [6, 6.07) is 18.0. The lowest BCUT2D eigenvalue weighted by Crippen LogP contribution is -2.42. The molecule has 2 fully saturated rings. The summed E-state index contributed by atoms with van der Waals surface area (Å²) in [6.07, 6.45) is 2.89. The Morgan fingerprint density at radius 3 is 2.50 bits per heavy atom. The quantitative estimate of drug-likeness (QED) is 0.420.